The van der Waals surface area contributed by atoms with Gasteiger partial charge in [-0.15, -0.1) is 0 Å². The standard InChI is InChI=1S/C20H27N3O4/c21-11-13-3-1-2-4-16(13)22-20(25)14-9-19(24)23(12-14)15-5-6-17-18(10-15)27-8-7-26-17/h5-6,10,13-14,16H,1-4,7-9,11-12,21H2,(H,22,25). The molecule has 2 heterocycles. The van der Waals surface area contributed by atoms with E-state index in [9.17, 15) is 9.59 Å². The van der Waals surface area contributed by atoms with Crippen LogP contribution < -0.4 is 25.4 Å². The lowest BCUT2D eigenvalue weighted by Crippen LogP contribution is -2.47. The van der Waals surface area contributed by atoms with E-state index in [4.69, 9.17) is 15.2 Å². The van der Waals surface area contributed by atoms with Gasteiger partial charge >= 0.3 is 0 Å². The largest absolute Gasteiger partial charge is 0.486 e. The molecule has 0 radical (unpaired) electrons. The maximum atomic E-state index is 12.8. The number of nitrogens with one attached hydrogen (secondary N) is 1. The van der Waals surface area contributed by atoms with Gasteiger partial charge in [-0.2, -0.15) is 0 Å². The second kappa shape index (κ2) is 7.76. The van der Waals surface area contributed by atoms with Crippen molar-refractivity contribution in [1.82, 2.24) is 5.32 Å². The van der Waals surface area contributed by atoms with Crippen LogP contribution >= 0.6 is 0 Å². The van der Waals surface area contributed by atoms with Gasteiger partial charge in [-0.3, -0.25) is 9.59 Å². The molecule has 2 amide bonds. The molecular formula is C20H27N3O4. The van der Waals surface area contributed by atoms with Gasteiger partial charge in [-0.05, 0) is 37.4 Å². The molecule has 3 N–H and O–H groups in total. The Labute approximate surface area is 159 Å². The second-order valence-electron chi connectivity index (χ2n) is 7.63. The number of benzene rings is 1. The van der Waals surface area contributed by atoms with E-state index in [0.29, 0.717) is 43.7 Å². The first-order valence-corrected chi connectivity index (χ1v) is 9.86. The minimum absolute atomic E-state index is 0.0336. The van der Waals surface area contributed by atoms with E-state index in [1.165, 1.54) is 6.42 Å². The highest BCUT2D eigenvalue weighted by atomic mass is 16.6. The van der Waals surface area contributed by atoms with Crippen molar-refractivity contribution in [1.29, 1.82) is 0 Å². The van der Waals surface area contributed by atoms with Crippen molar-refractivity contribution in [2.75, 3.05) is 31.2 Å². The molecule has 7 nitrogen and oxygen atoms in total. The molecule has 0 bridgehead atoms. The Kier molecular flexibility index (Phi) is 5.20. The fourth-order valence-electron chi connectivity index (χ4n) is 4.31. The number of rotatable bonds is 4. The SMILES string of the molecule is NCC1CCCCC1NC(=O)C1CC(=O)N(c2ccc3c(c2)OCCO3)C1. The van der Waals surface area contributed by atoms with E-state index >= 15 is 0 Å². The zero-order valence-electron chi connectivity index (χ0n) is 15.5. The van der Waals surface area contributed by atoms with E-state index < -0.39 is 0 Å². The number of fused-ring (bicyclic) bond motifs is 1. The Morgan fingerprint density at radius 2 is 1.96 bits per heavy atom. The van der Waals surface area contributed by atoms with E-state index in [2.05, 4.69) is 5.32 Å². The van der Waals surface area contributed by atoms with Gasteiger partial charge in [-0.1, -0.05) is 12.8 Å². The third kappa shape index (κ3) is 3.74. The van der Waals surface area contributed by atoms with Gasteiger partial charge in [0.25, 0.3) is 0 Å². The normalized spacial score (nSPS) is 27.5. The fraction of sp³-hybridized carbons (Fsp3) is 0.600. The number of nitrogens with two attached hydrogens (primary N) is 1. The molecule has 2 aliphatic heterocycles. The monoisotopic (exact) mass is 373 g/mol. The van der Waals surface area contributed by atoms with Crippen molar-refractivity contribution in [2.24, 2.45) is 17.6 Å². The summed E-state index contributed by atoms with van der Waals surface area (Å²) >= 11 is 0. The molecule has 1 aromatic carbocycles. The number of nitrogens with zero attached hydrogens (tertiary/aromatic N) is 1. The van der Waals surface area contributed by atoms with Crippen LogP contribution in [0.1, 0.15) is 32.1 Å². The summed E-state index contributed by atoms with van der Waals surface area (Å²) in [5.41, 5.74) is 6.61. The van der Waals surface area contributed by atoms with Crippen LogP contribution in [-0.4, -0.2) is 44.2 Å². The van der Waals surface area contributed by atoms with E-state index in [1.54, 1.807) is 4.90 Å². The van der Waals surface area contributed by atoms with Crippen LogP contribution in [0.2, 0.25) is 0 Å². The molecule has 4 rings (SSSR count). The van der Waals surface area contributed by atoms with Crippen LogP contribution in [0.4, 0.5) is 5.69 Å². The number of amides is 2. The lowest BCUT2D eigenvalue weighted by Gasteiger charge is -2.32. The Balaban J connectivity index is 1.42. The van der Waals surface area contributed by atoms with Crippen LogP contribution in [0.25, 0.3) is 0 Å². The van der Waals surface area contributed by atoms with E-state index in [-0.39, 0.29) is 30.2 Å². The quantitative estimate of drug-likeness (QED) is 0.833. The topological polar surface area (TPSA) is 93.9 Å². The molecule has 1 saturated heterocycles. The Morgan fingerprint density at radius 3 is 2.78 bits per heavy atom. The second-order valence-corrected chi connectivity index (χ2v) is 7.63. The summed E-state index contributed by atoms with van der Waals surface area (Å²) in [6.07, 6.45) is 4.57. The predicted octanol–water partition coefficient (Wildman–Crippen LogP) is 1.44. The predicted molar refractivity (Wildman–Crippen MR) is 101 cm³/mol. The highest BCUT2D eigenvalue weighted by Gasteiger charge is 2.37. The van der Waals surface area contributed by atoms with Crippen molar-refractivity contribution in [2.45, 2.75) is 38.1 Å². The highest BCUT2D eigenvalue weighted by molar-refractivity contribution is 6.00. The first-order valence-electron chi connectivity index (χ1n) is 9.86. The van der Waals surface area contributed by atoms with E-state index in [0.717, 1.165) is 24.9 Å². The summed E-state index contributed by atoms with van der Waals surface area (Å²) < 4.78 is 11.1. The molecule has 1 aromatic rings. The van der Waals surface area contributed by atoms with Gasteiger partial charge < -0.3 is 25.4 Å². The molecule has 1 saturated carbocycles. The van der Waals surface area contributed by atoms with Crippen LogP contribution in [0, 0.1) is 11.8 Å². The summed E-state index contributed by atoms with van der Waals surface area (Å²) in [6.45, 7) is 2.02. The zero-order valence-corrected chi connectivity index (χ0v) is 15.5. The van der Waals surface area contributed by atoms with Gasteiger partial charge in [0.05, 0.1) is 5.92 Å². The molecule has 0 aromatic heterocycles. The third-order valence-corrected chi connectivity index (χ3v) is 5.87. The average Bonchev–Trinajstić information content (AvgIpc) is 3.10. The van der Waals surface area contributed by atoms with Crippen molar-refractivity contribution < 1.29 is 19.1 Å². The highest BCUT2D eigenvalue weighted by Crippen LogP contribution is 2.36. The average molecular weight is 373 g/mol. The number of ether oxygens (including phenoxy) is 2. The van der Waals surface area contributed by atoms with Crippen LogP contribution in [0.15, 0.2) is 18.2 Å². The van der Waals surface area contributed by atoms with Crippen molar-refractivity contribution in [3.63, 3.8) is 0 Å². The van der Waals surface area contributed by atoms with Crippen molar-refractivity contribution >= 4 is 17.5 Å². The van der Waals surface area contributed by atoms with Crippen LogP contribution in [0.3, 0.4) is 0 Å². The van der Waals surface area contributed by atoms with Crippen LogP contribution in [0.5, 0.6) is 11.5 Å². The lowest BCUT2D eigenvalue weighted by atomic mass is 9.84. The first kappa shape index (κ1) is 18.1. The summed E-state index contributed by atoms with van der Waals surface area (Å²) in [4.78, 5) is 26.9. The number of carbonyl (C=O) groups excluding carboxylic acids is 2. The van der Waals surface area contributed by atoms with Gasteiger partial charge in [0, 0.05) is 30.8 Å². The molecule has 3 unspecified atom stereocenters. The maximum Gasteiger partial charge on any atom is 0.227 e. The smallest absolute Gasteiger partial charge is 0.227 e. The molecule has 0 spiro atoms. The summed E-state index contributed by atoms with van der Waals surface area (Å²) in [5.74, 6) is 1.28. The third-order valence-electron chi connectivity index (χ3n) is 5.87. The van der Waals surface area contributed by atoms with Crippen LogP contribution in [-0.2, 0) is 9.59 Å². The Hall–Kier alpha value is -2.28. The number of anilines is 1. The minimum Gasteiger partial charge on any atom is -0.486 e. The molecule has 2 fully saturated rings. The summed E-state index contributed by atoms with van der Waals surface area (Å²) in [7, 11) is 0. The lowest BCUT2D eigenvalue weighted by molar-refractivity contribution is -0.127. The fourth-order valence-corrected chi connectivity index (χ4v) is 4.31. The summed E-state index contributed by atoms with van der Waals surface area (Å²) in [6, 6.07) is 5.61. The van der Waals surface area contributed by atoms with Crippen molar-refractivity contribution in [3.8, 4) is 11.5 Å². The molecule has 27 heavy (non-hydrogen) atoms. The van der Waals surface area contributed by atoms with Gasteiger partial charge in [0.15, 0.2) is 11.5 Å². The van der Waals surface area contributed by atoms with E-state index in [1.807, 2.05) is 18.2 Å². The Morgan fingerprint density at radius 1 is 1.19 bits per heavy atom. The maximum absolute atomic E-state index is 12.8. The molecule has 1 aliphatic carbocycles. The number of carbonyl (C=O) groups is 2. The number of hydrogen-bond acceptors (Lipinski definition) is 5. The molecule has 7 heteroatoms. The van der Waals surface area contributed by atoms with Gasteiger partial charge in [0.2, 0.25) is 11.8 Å². The van der Waals surface area contributed by atoms with Gasteiger partial charge in [0.1, 0.15) is 13.2 Å². The molecular weight excluding hydrogens is 346 g/mol. The van der Waals surface area contributed by atoms with Crippen molar-refractivity contribution in [3.05, 3.63) is 18.2 Å². The summed E-state index contributed by atoms with van der Waals surface area (Å²) in [5, 5.41) is 3.16. The molecule has 146 valence electrons. The minimum atomic E-state index is -0.328. The zero-order chi connectivity index (χ0) is 18.8. The molecule has 3 aliphatic rings. The Bertz CT molecular complexity index is 723. The molecule has 3 atom stereocenters. The van der Waals surface area contributed by atoms with Gasteiger partial charge in [-0.25, -0.2) is 0 Å². The number of hydrogen-bond donors (Lipinski definition) is 2. The first-order chi connectivity index (χ1) is 13.2.